The van der Waals surface area contributed by atoms with E-state index in [4.69, 9.17) is 0 Å². The molecule has 1 aliphatic rings. The van der Waals surface area contributed by atoms with Gasteiger partial charge in [-0.2, -0.15) is 20.5 Å². The Balaban J connectivity index is 1.77. The van der Waals surface area contributed by atoms with Crippen molar-refractivity contribution in [1.82, 2.24) is 15.8 Å². The largest absolute Gasteiger partial charge is 0.324 e. The molecule has 188 valence electrons. The first-order valence-electron chi connectivity index (χ1n) is 11.3. The molecule has 0 aliphatic carbocycles. The third-order valence-electron chi connectivity index (χ3n) is 5.61. The maximum atomic E-state index is 13.4. The van der Waals surface area contributed by atoms with Gasteiger partial charge >= 0.3 is 18.4 Å². The molecular weight excluding hydrogens is 474 g/mol. The summed E-state index contributed by atoms with van der Waals surface area (Å²) in [5, 5.41) is 0. The predicted molar refractivity (Wildman–Crippen MR) is 134 cm³/mol. The Morgan fingerprint density at radius 2 is 1.57 bits per heavy atom. The van der Waals surface area contributed by atoms with Crippen LogP contribution in [0, 0.1) is 0 Å². The fourth-order valence-electron chi connectivity index (χ4n) is 3.53. The lowest BCUT2D eigenvalue weighted by Gasteiger charge is -2.33. The number of anilines is 1. The number of alkyl halides is 2. The molecular formula is C25H30F2N4O3S. The highest BCUT2D eigenvalue weighted by Gasteiger charge is 2.25. The topological polar surface area (TPSA) is 81.8 Å². The van der Waals surface area contributed by atoms with Crippen LogP contribution in [0.2, 0.25) is 0 Å². The van der Waals surface area contributed by atoms with Gasteiger partial charge in [0.25, 0.3) is 5.91 Å². The van der Waals surface area contributed by atoms with Crippen LogP contribution in [-0.2, 0) is 16.8 Å². The van der Waals surface area contributed by atoms with Crippen LogP contribution in [0.1, 0.15) is 42.3 Å². The number of hydrogen-bond donors (Lipinski definition) is 2. The molecule has 0 unspecified atom stereocenters. The van der Waals surface area contributed by atoms with E-state index in [0.29, 0.717) is 19.6 Å². The summed E-state index contributed by atoms with van der Waals surface area (Å²) in [4.78, 5) is 40.1. The van der Waals surface area contributed by atoms with Crippen LogP contribution in [0.25, 0.3) is 0 Å². The zero-order valence-corrected chi connectivity index (χ0v) is 20.8. The fraction of sp³-hybridized carbons (Fsp3) is 0.400. The molecule has 1 aliphatic heterocycles. The summed E-state index contributed by atoms with van der Waals surface area (Å²) in [6.07, 6.45) is -3.22. The quantitative estimate of drug-likeness (QED) is 0.599. The van der Waals surface area contributed by atoms with Gasteiger partial charge in [-0.1, -0.05) is 45.0 Å². The van der Waals surface area contributed by atoms with E-state index in [1.807, 2.05) is 46.4 Å². The van der Waals surface area contributed by atoms with Crippen LogP contribution in [0.3, 0.4) is 0 Å². The minimum atomic E-state index is -3.22. The van der Waals surface area contributed by atoms with Crippen molar-refractivity contribution >= 4 is 35.3 Å². The van der Waals surface area contributed by atoms with Crippen molar-refractivity contribution < 1.29 is 23.2 Å². The van der Waals surface area contributed by atoms with Gasteiger partial charge in [-0.3, -0.25) is 25.3 Å². The van der Waals surface area contributed by atoms with Gasteiger partial charge in [-0.15, -0.1) is 0 Å². The van der Waals surface area contributed by atoms with Gasteiger partial charge in [0.1, 0.15) is 0 Å². The zero-order valence-electron chi connectivity index (χ0n) is 20.0. The number of carbonyl (C=O) groups is 3. The van der Waals surface area contributed by atoms with Crippen LogP contribution in [0.5, 0.6) is 0 Å². The summed E-state index contributed by atoms with van der Waals surface area (Å²) >= 11 is 1.83. The summed E-state index contributed by atoms with van der Waals surface area (Å²) in [7, 11) is 0. The standard InChI is InChI=1S/C25H30F2N4O3S/c1-25(2,3)19-8-10-20(11-9-19)31(24(34)30-12-14-35-15-13-30)16-17-4-6-18(7-5-17)22(32)28-29-23(33)21(26)27/h4-11,21H,12-16H2,1-3H3,(H,28,32)(H,29,33). The molecule has 2 aromatic carbocycles. The molecule has 1 heterocycles. The number of hydrogen-bond acceptors (Lipinski definition) is 4. The summed E-state index contributed by atoms with van der Waals surface area (Å²) in [5.41, 5.74) is 6.52. The van der Waals surface area contributed by atoms with E-state index in [9.17, 15) is 23.2 Å². The van der Waals surface area contributed by atoms with Crippen molar-refractivity contribution in [2.24, 2.45) is 0 Å². The van der Waals surface area contributed by atoms with Gasteiger partial charge in [0.15, 0.2) is 0 Å². The van der Waals surface area contributed by atoms with E-state index < -0.39 is 18.2 Å². The van der Waals surface area contributed by atoms with E-state index in [1.54, 1.807) is 22.5 Å². The van der Waals surface area contributed by atoms with E-state index in [1.165, 1.54) is 12.1 Å². The summed E-state index contributed by atoms with van der Waals surface area (Å²) < 4.78 is 24.6. The highest BCUT2D eigenvalue weighted by Crippen LogP contribution is 2.27. The number of carbonyl (C=O) groups excluding carboxylic acids is 3. The lowest BCUT2D eigenvalue weighted by Crippen LogP contribution is -2.46. The first kappa shape index (κ1) is 26.5. The first-order chi connectivity index (χ1) is 16.6. The van der Waals surface area contributed by atoms with E-state index in [0.717, 1.165) is 28.3 Å². The SMILES string of the molecule is CC(C)(C)c1ccc(N(Cc2ccc(C(=O)NNC(=O)C(F)F)cc2)C(=O)N2CCSCC2)cc1. The van der Waals surface area contributed by atoms with Crippen LogP contribution in [-0.4, -0.2) is 53.8 Å². The number of benzene rings is 2. The minimum Gasteiger partial charge on any atom is -0.323 e. The maximum Gasteiger partial charge on any atom is 0.324 e. The number of halogens is 2. The number of urea groups is 1. The lowest BCUT2D eigenvalue weighted by molar-refractivity contribution is -0.132. The summed E-state index contributed by atoms with van der Waals surface area (Å²) in [6.45, 7) is 8.06. The van der Waals surface area contributed by atoms with Gasteiger partial charge < -0.3 is 4.90 Å². The van der Waals surface area contributed by atoms with Crippen LogP contribution in [0.15, 0.2) is 48.5 Å². The molecule has 0 radical (unpaired) electrons. The molecule has 10 heteroatoms. The number of nitrogens with one attached hydrogen (secondary N) is 2. The van der Waals surface area contributed by atoms with Gasteiger partial charge in [0.05, 0.1) is 6.54 Å². The van der Waals surface area contributed by atoms with Crippen molar-refractivity contribution in [1.29, 1.82) is 0 Å². The molecule has 2 aromatic rings. The molecule has 2 N–H and O–H groups in total. The van der Waals surface area contributed by atoms with Crippen molar-refractivity contribution in [3.8, 4) is 0 Å². The Morgan fingerprint density at radius 3 is 2.11 bits per heavy atom. The molecule has 0 atom stereocenters. The van der Waals surface area contributed by atoms with E-state index >= 15 is 0 Å². The Hall–Kier alpha value is -3.14. The van der Waals surface area contributed by atoms with Gasteiger partial charge in [0.2, 0.25) is 0 Å². The number of nitrogens with zero attached hydrogens (tertiary/aromatic N) is 2. The molecule has 3 rings (SSSR count). The third-order valence-corrected chi connectivity index (χ3v) is 6.55. The molecule has 0 saturated carbocycles. The van der Waals surface area contributed by atoms with Crippen LogP contribution in [0.4, 0.5) is 19.3 Å². The second-order valence-electron chi connectivity index (χ2n) is 9.21. The monoisotopic (exact) mass is 504 g/mol. The molecule has 0 spiro atoms. The van der Waals surface area contributed by atoms with Crippen molar-refractivity contribution in [2.75, 3.05) is 29.5 Å². The zero-order chi connectivity index (χ0) is 25.6. The molecule has 35 heavy (non-hydrogen) atoms. The number of rotatable bonds is 5. The summed E-state index contributed by atoms with van der Waals surface area (Å²) in [6, 6.07) is 14.3. The highest BCUT2D eigenvalue weighted by molar-refractivity contribution is 7.99. The molecule has 0 aromatic heterocycles. The Morgan fingerprint density at radius 1 is 0.971 bits per heavy atom. The van der Waals surface area contributed by atoms with E-state index in [-0.39, 0.29) is 17.0 Å². The average Bonchev–Trinajstić information content (AvgIpc) is 2.85. The Bertz CT molecular complexity index is 1030. The third kappa shape index (κ3) is 7.17. The van der Waals surface area contributed by atoms with Gasteiger partial charge in [-0.25, -0.2) is 4.79 Å². The van der Waals surface area contributed by atoms with Gasteiger partial charge in [-0.05, 0) is 40.8 Å². The Kier molecular flexibility index (Phi) is 8.71. The second kappa shape index (κ2) is 11.5. The molecule has 0 bridgehead atoms. The second-order valence-corrected chi connectivity index (χ2v) is 10.4. The van der Waals surface area contributed by atoms with Gasteiger partial charge in [0, 0.05) is 35.8 Å². The maximum absolute atomic E-state index is 13.4. The lowest BCUT2D eigenvalue weighted by atomic mass is 9.87. The smallest absolute Gasteiger partial charge is 0.323 e. The van der Waals surface area contributed by atoms with Crippen molar-refractivity contribution in [2.45, 2.75) is 39.2 Å². The molecule has 7 nitrogen and oxygen atoms in total. The molecule has 1 saturated heterocycles. The predicted octanol–water partition coefficient (Wildman–Crippen LogP) is 4.19. The Labute approximate surface area is 208 Å². The average molecular weight is 505 g/mol. The number of thioether (sulfide) groups is 1. The summed E-state index contributed by atoms with van der Waals surface area (Å²) in [5.74, 6) is -0.511. The van der Waals surface area contributed by atoms with Crippen molar-refractivity contribution in [3.63, 3.8) is 0 Å². The fourth-order valence-corrected chi connectivity index (χ4v) is 4.43. The van der Waals surface area contributed by atoms with Crippen molar-refractivity contribution in [3.05, 3.63) is 65.2 Å². The molecule has 1 fully saturated rings. The highest BCUT2D eigenvalue weighted by atomic mass is 32.2. The minimum absolute atomic E-state index is 0.0113. The number of hydrazine groups is 1. The number of amides is 4. The van der Waals surface area contributed by atoms with Crippen LogP contribution < -0.4 is 15.8 Å². The normalized spacial score (nSPS) is 13.9. The molecule has 4 amide bonds. The first-order valence-corrected chi connectivity index (χ1v) is 12.4. The van der Waals surface area contributed by atoms with Crippen LogP contribution >= 0.6 is 11.8 Å². The van der Waals surface area contributed by atoms with E-state index in [2.05, 4.69) is 20.8 Å².